The SMILES string of the molecule is Cc1nn(-c2ccccc2)c(O)c1C(c1ccc(Cl)cc1)c1c(C)nn(-c2ccccc2)c1O.[Cu]. The number of aryl methyl sites for hydroxylation is 2. The molecule has 2 heterocycles. The first-order valence-corrected chi connectivity index (χ1v) is 11.3. The van der Waals surface area contributed by atoms with E-state index in [0.29, 0.717) is 27.5 Å². The maximum Gasteiger partial charge on any atom is 0.218 e. The van der Waals surface area contributed by atoms with Gasteiger partial charge in [-0.2, -0.15) is 10.2 Å². The second-order valence-corrected chi connectivity index (χ2v) is 8.56. The van der Waals surface area contributed by atoms with Crippen LogP contribution in [0.25, 0.3) is 11.4 Å². The first kappa shape index (κ1) is 24.6. The number of halogens is 1. The van der Waals surface area contributed by atoms with Gasteiger partial charge in [-0.3, -0.25) is 0 Å². The van der Waals surface area contributed by atoms with E-state index in [-0.39, 0.29) is 28.8 Å². The van der Waals surface area contributed by atoms with Crippen LogP contribution in [0.2, 0.25) is 5.02 Å². The Morgan fingerprint density at radius 3 is 1.46 bits per heavy atom. The Bertz CT molecular complexity index is 1360. The van der Waals surface area contributed by atoms with Crippen LogP contribution in [0.1, 0.15) is 34.0 Å². The summed E-state index contributed by atoms with van der Waals surface area (Å²) in [5, 5.41) is 32.6. The molecular formula is C27H23ClCuN4O2. The molecule has 35 heavy (non-hydrogen) atoms. The van der Waals surface area contributed by atoms with E-state index < -0.39 is 5.92 Å². The molecule has 0 aliphatic carbocycles. The van der Waals surface area contributed by atoms with Gasteiger partial charge in [0.1, 0.15) is 0 Å². The standard InChI is InChI=1S/C27H23ClN4O2.Cu/c1-17-23(26(33)31(29-17)21-9-5-3-6-10-21)25(19-13-15-20(28)16-14-19)24-18(2)30-32(27(24)34)22-11-7-4-8-12-22;/h3-16,25,33-34H,1-2H3;. The number of aromatic hydroxyl groups is 2. The van der Waals surface area contributed by atoms with Crippen molar-refractivity contribution in [3.05, 3.63) is 118 Å². The van der Waals surface area contributed by atoms with Crippen molar-refractivity contribution in [3.8, 4) is 23.1 Å². The molecular weight excluding hydrogens is 511 g/mol. The van der Waals surface area contributed by atoms with Gasteiger partial charge in [0, 0.05) is 39.1 Å². The normalized spacial score (nSPS) is 11.0. The van der Waals surface area contributed by atoms with Crippen LogP contribution in [0.5, 0.6) is 11.8 Å². The molecule has 0 amide bonds. The molecule has 0 saturated carbocycles. The summed E-state index contributed by atoms with van der Waals surface area (Å²) in [4.78, 5) is 0. The van der Waals surface area contributed by atoms with Crippen molar-refractivity contribution in [1.29, 1.82) is 0 Å². The third kappa shape index (κ3) is 4.46. The minimum Gasteiger partial charge on any atom is -0.493 e. The zero-order valence-corrected chi connectivity index (χ0v) is 20.7. The molecule has 3 aromatic carbocycles. The van der Waals surface area contributed by atoms with Crippen molar-refractivity contribution in [2.75, 3.05) is 0 Å². The molecule has 0 spiro atoms. The maximum atomic E-state index is 11.4. The Balaban J connectivity index is 0.00000289. The largest absolute Gasteiger partial charge is 0.493 e. The molecule has 0 bridgehead atoms. The molecule has 5 rings (SSSR count). The van der Waals surface area contributed by atoms with Crippen molar-refractivity contribution in [2.24, 2.45) is 0 Å². The summed E-state index contributed by atoms with van der Waals surface area (Å²) in [5.41, 5.74) is 4.81. The van der Waals surface area contributed by atoms with E-state index in [2.05, 4.69) is 10.2 Å². The van der Waals surface area contributed by atoms with Crippen molar-refractivity contribution >= 4 is 11.6 Å². The fraction of sp³-hybridized carbons (Fsp3) is 0.111. The molecule has 5 aromatic rings. The summed E-state index contributed by atoms with van der Waals surface area (Å²) in [6.45, 7) is 3.71. The van der Waals surface area contributed by atoms with Crippen molar-refractivity contribution in [1.82, 2.24) is 19.6 Å². The average molecular weight is 535 g/mol. The molecule has 181 valence electrons. The monoisotopic (exact) mass is 533 g/mol. The van der Waals surface area contributed by atoms with Gasteiger partial charge in [-0.25, -0.2) is 9.36 Å². The second kappa shape index (κ2) is 10.0. The fourth-order valence-electron chi connectivity index (χ4n) is 4.36. The van der Waals surface area contributed by atoms with Crippen molar-refractivity contribution in [3.63, 3.8) is 0 Å². The number of hydrogen-bond donors (Lipinski definition) is 2. The Hall–Kier alpha value is -3.51. The summed E-state index contributed by atoms with van der Waals surface area (Å²) in [7, 11) is 0. The van der Waals surface area contributed by atoms with E-state index in [9.17, 15) is 10.2 Å². The van der Waals surface area contributed by atoms with Crippen LogP contribution < -0.4 is 0 Å². The van der Waals surface area contributed by atoms with Crippen LogP contribution >= 0.6 is 11.6 Å². The molecule has 6 nitrogen and oxygen atoms in total. The Morgan fingerprint density at radius 2 is 1.06 bits per heavy atom. The van der Waals surface area contributed by atoms with Gasteiger partial charge in [0.05, 0.1) is 22.8 Å². The van der Waals surface area contributed by atoms with Crippen molar-refractivity contribution < 1.29 is 27.3 Å². The van der Waals surface area contributed by atoms with E-state index in [4.69, 9.17) is 11.6 Å². The molecule has 0 aliphatic rings. The van der Waals surface area contributed by atoms with Crippen molar-refractivity contribution in [2.45, 2.75) is 19.8 Å². The van der Waals surface area contributed by atoms with Gasteiger partial charge >= 0.3 is 0 Å². The van der Waals surface area contributed by atoms with Crippen LogP contribution in [0, 0.1) is 13.8 Å². The van der Waals surface area contributed by atoms with Gasteiger partial charge in [0.2, 0.25) is 11.8 Å². The van der Waals surface area contributed by atoms with Gasteiger partial charge in [0.25, 0.3) is 0 Å². The smallest absolute Gasteiger partial charge is 0.218 e. The van der Waals surface area contributed by atoms with Crippen LogP contribution in [0.15, 0.2) is 84.9 Å². The number of benzene rings is 3. The predicted octanol–water partition coefficient (Wildman–Crippen LogP) is 5.92. The molecule has 2 aromatic heterocycles. The first-order valence-electron chi connectivity index (χ1n) is 10.9. The van der Waals surface area contributed by atoms with Crippen LogP contribution in [-0.2, 0) is 17.1 Å². The first-order chi connectivity index (χ1) is 16.5. The Morgan fingerprint density at radius 1 is 0.657 bits per heavy atom. The van der Waals surface area contributed by atoms with Gasteiger partial charge in [0.15, 0.2) is 0 Å². The Labute approximate surface area is 218 Å². The number of rotatable bonds is 5. The van der Waals surface area contributed by atoms with Crippen LogP contribution in [-0.4, -0.2) is 29.8 Å². The van der Waals surface area contributed by atoms with Gasteiger partial charge in [-0.15, -0.1) is 0 Å². The van der Waals surface area contributed by atoms with Crippen LogP contribution in [0.4, 0.5) is 0 Å². The Kier molecular flexibility index (Phi) is 7.03. The molecule has 2 N–H and O–H groups in total. The molecule has 0 fully saturated rings. The third-order valence-corrected chi connectivity index (χ3v) is 6.20. The molecule has 8 heteroatoms. The quantitative estimate of drug-likeness (QED) is 0.275. The number of para-hydroxylation sites is 2. The maximum absolute atomic E-state index is 11.4. The minimum atomic E-state index is -0.521. The molecule has 1 radical (unpaired) electrons. The molecule has 0 atom stereocenters. The number of hydrogen-bond acceptors (Lipinski definition) is 4. The second-order valence-electron chi connectivity index (χ2n) is 8.12. The minimum absolute atomic E-state index is 0. The van der Waals surface area contributed by atoms with Gasteiger partial charge in [-0.1, -0.05) is 60.1 Å². The topological polar surface area (TPSA) is 76.1 Å². The number of aromatic nitrogens is 4. The van der Waals surface area contributed by atoms with E-state index >= 15 is 0 Å². The summed E-state index contributed by atoms with van der Waals surface area (Å²) >= 11 is 6.17. The predicted molar refractivity (Wildman–Crippen MR) is 132 cm³/mol. The molecule has 0 saturated heterocycles. The molecule has 0 aliphatic heterocycles. The van der Waals surface area contributed by atoms with E-state index in [1.54, 1.807) is 12.1 Å². The molecule has 0 unspecified atom stereocenters. The fourth-order valence-corrected chi connectivity index (χ4v) is 4.49. The number of nitrogens with zero attached hydrogens (tertiary/aromatic N) is 4. The van der Waals surface area contributed by atoms with E-state index in [1.165, 1.54) is 9.36 Å². The average Bonchev–Trinajstić information content (AvgIpc) is 3.32. The summed E-state index contributed by atoms with van der Waals surface area (Å²) in [6, 6.07) is 26.3. The van der Waals surface area contributed by atoms with Gasteiger partial charge in [-0.05, 0) is 55.8 Å². The van der Waals surface area contributed by atoms with Crippen LogP contribution in [0.3, 0.4) is 0 Å². The summed E-state index contributed by atoms with van der Waals surface area (Å²) < 4.78 is 3.03. The van der Waals surface area contributed by atoms with Gasteiger partial charge < -0.3 is 10.2 Å². The third-order valence-electron chi connectivity index (χ3n) is 5.94. The zero-order valence-electron chi connectivity index (χ0n) is 19.0. The summed E-state index contributed by atoms with van der Waals surface area (Å²) in [5.74, 6) is -0.503. The van der Waals surface area contributed by atoms with E-state index in [0.717, 1.165) is 16.9 Å². The summed E-state index contributed by atoms with van der Waals surface area (Å²) in [6.07, 6.45) is 0. The zero-order chi connectivity index (χ0) is 23.8. The van der Waals surface area contributed by atoms with E-state index in [1.807, 2.05) is 86.6 Å².